The lowest BCUT2D eigenvalue weighted by Gasteiger charge is -2.15. The molecule has 18 heavy (non-hydrogen) atoms. The lowest BCUT2D eigenvalue weighted by atomic mass is 9.98. The predicted molar refractivity (Wildman–Crippen MR) is 66.7 cm³/mol. The molecule has 0 aromatic carbocycles. The van der Waals surface area contributed by atoms with E-state index in [1.807, 2.05) is 13.8 Å². The zero-order valence-corrected chi connectivity index (χ0v) is 10.6. The molecular formula is C13H17N3O2. The number of primary amides is 1. The Kier molecular flexibility index (Phi) is 3.32. The SMILES string of the molecule is Cc1ccc(C(=O)N2C[C@@H](C)[C@H](C(N)=O)C2)cn1. The number of hydrogen-bond donors (Lipinski definition) is 1. The van der Waals surface area contributed by atoms with Crippen LogP contribution in [0.3, 0.4) is 0 Å². The summed E-state index contributed by atoms with van der Waals surface area (Å²) in [5.41, 5.74) is 6.75. The second-order valence-electron chi connectivity index (χ2n) is 4.88. The summed E-state index contributed by atoms with van der Waals surface area (Å²) in [5, 5.41) is 0. The molecule has 2 amide bonds. The molecule has 1 saturated heterocycles. The van der Waals surface area contributed by atoms with Crippen LogP contribution >= 0.6 is 0 Å². The van der Waals surface area contributed by atoms with Gasteiger partial charge in [0.05, 0.1) is 11.5 Å². The van der Waals surface area contributed by atoms with E-state index in [0.717, 1.165) is 5.69 Å². The average molecular weight is 247 g/mol. The number of nitrogens with zero attached hydrogens (tertiary/aromatic N) is 2. The van der Waals surface area contributed by atoms with E-state index in [0.29, 0.717) is 18.7 Å². The Morgan fingerprint density at radius 3 is 2.61 bits per heavy atom. The number of carbonyl (C=O) groups excluding carboxylic acids is 2. The highest BCUT2D eigenvalue weighted by Gasteiger charge is 2.36. The summed E-state index contributed by atoms with van der Waals surface area (Å²) in [4.78, 5) is 29.2. The van der Waals surface area contributed by atoms with Gasteiger partial charge in [0.1, 0.15) is 0 Å². The van der Waals surface area contributed by atoms with E-state index in [-0.39, 0.29) is 23.7 Å². The molecule has 1 aliphatic heterocycles. The standard InChI is InChI=1S/C13H17N3O2/c1-8-6-16(7-11(8)12(14)17)13(18)10-4-3-9(2)15-5-10/h3-5,8,11H,6-7H2,1-2H3,(H2,14,17)/t8-,11-/m1/s1. The van der Waals surface area contributed by atoms with Crippen LogP contribution in [0, 0.1) is 18.8 Å². The van der Waals surface area contributed by atoms with E-state index in [9.17, 15) is 9.59 Å². The second kappa shape index (κ2) is 4.76. The van der Waals surface area contributed by atoms with Crippen molar-refractivity contribution >= 4 is 11.8 Å². The number of aryl methyl sites for hydroxylation is 1. The molecule has 0 unspecified atom stereocenters. The molecule has 0 bridgehead atoms. The van der Waals surface area contributed by atoms with Gasteiger partial charge in [-0.05, 0) is 25.0 Å². The summed E-state index contributed by atoms with van der Waals surface area (Å²) in [6.45, 7) is 4.79. The summed E-state index contributed by atoms with van der Waals surface area (Å²) in [6, 6.07) is 3.56. The lowest BCUT2D eigenvalue weighted by Crippen LogP contribution is -2.32. The smallest absolute Gasteiger partial charge is 0.255 e. The molecule has 0 spiro atoms. The summed E-state index contributed by atoms with van der Waals surface area (Å²) in [6.07, 6.45) is 1.57. The molecule has 0 saturated carbocycles. The summed E-state index contributed by atoms with van der Waals surface area (Å²) in [7, 11) is 0. The van der Waals surface area contributed by atoms with Gasteiger partial charge in [-0.2, -0.15) is 0 Å². The first kappa shape index (κ1) is 12.5. The number of carbonyl (C=O) groups is 2. The molecule has 1 aromatic heterocycles. The van der Waals surface area contributed by atoms with Crippen molar-refractivity contribution in [2.24, 2.45) is 17.6 Å². The van der Waals surface area contributed by atoms with Crippen molar-refractivity contribution in [2.45, 2.75) is 13.8 Å². The van der Waals surface area contributed by atoms with Gasteiger partial charge in [0, 0.05) is 25.0 Å². The van der Waals surface area contributed by atoms with E-state index in [1.54, 1.807) is 23.2 Å². The van der Waals surface area contributed by atoms with E-state index in [2.05, 4.69) is 4.98 Å². The van der Waals surface area contributed by atoms with Crippen LogP contribution < -0.4 is 5.73 Å². The van der Waals surface area contributed by atoms with Crippen LogP contribution in [0.4, 0.5) is 0 Å². The minimum Gasteiger partial charge on any atom is -0.369 e. The highest BCUT2D eigenvalue weighted by molar-refractivity contribution is 5.94. The Morgan fingerprint density at radius 1 is 1.39 bits per heavy atom. The zero-order chi connectivity index (χ0) is 13.3. The lowest BCUT2D eigenvalue weighted by molar-refractivity contribution is -0.122. The Morgan fingerprint density at radius 2 is 2.11 bits per heavy atom. The van der Waals surface area contributed by atoms with Crippen LogP contribution in [-0.4, -0.2) is 34.8 Å². The van der Waals surface area contributed by atoms with Gasteiger partial charge in [-0.25, -0.2) is 0 Å². The highest BCUT2D eigenvalue weighted by atomic mass is 16.2. The third kappa shape index (κ3) is 2.34. The first-order chi connectivity index (χ1) is 8.49. The molecule has 1 fully saturated rings. The number of nitrogens with two attached hydrogens (primary N) is 1. The van der Waals surface area contributed by atoms with Gasteiger partial charge in [-0.1, -0.05) is 6.92 Å². The molecule has 0 aliphatic carbocycles. The topological polar surface area (TPSA) is 76.3 Å². The number of amides is 2. The highest BCUT2D eigenvalue weighted by Crippen LogP contribution is 2.24. The minimum absolute atomic E-state index is 0.0851. The third-order valence-electron chi connectivity index (χ3n) is 3.42. The molecule has 1 aromatic rings. The number of pyridine rings is 1. The van der Waals surface area contributed by atoms with Gasteiger partial charge in [0.2, 0.25) is 5.91 Å². The van der Waals surface area contributed by atoms with Crippen LogP contribution in [-0.2, 0) is 4.79 Å². The van der Waals surface area contributed by atoms with Crippen molar-refractivity contribution in [1.82, 2.24) is 9.88 Å². The largest absolute Gasteiger partial charge is 0.369 e. The molecule has 2 heterocycles. The number of hydrogen-bond acceptors (Lipinski definition) is 3. The van der Waals surface area contributed by atoms with Crippen LogP contribution in [0.1, 0.15) is 23.0 Å². The van der Waals surface area contributed by atoms with E-state index in [1.165, 1.54) is 0 Å². The summed E-state index contributed by atoms with van der Waals surface area (Å²) < 4.78 is 0. The number of aromatic nitrogens is 1. The van der Waals surface area contributed by atoms with Crippen LogP contribution in [0.2, 0.25) is 0 Å². The van der Waals surface area contributed by atoms with Crippen LogP contribution in [0.15, 0.2) is 18.3 Å². The molecule has 5 heteroatoms. The molecule has 1 aliphatic rings. The van der Waals surface area contributed by atoms with E-state index < -0.39 is 0 Å². The Labute approximate surface area is 106 Å². The maximum atomic E-state index is 12.2. The minimum atomic E-state index is -0.333. The Balaban J connectivity index is 2.12. The second-order valence-corrected chi connectivity index (χ2v) is 4.88. The third-order valence-corrected chi connectivity index (χ3v) is 3.42. The normalized spacial score (nSPS) is 23.1. The molecular weight excluding hydrogens is 230 g/mol. The average Bonchev–Trinajstić information content (AvgIpc) is 2.71. The Hall–Kier alpha value is -1.91. The number of rotatable bonds is 2. The van der Waals surface area contributed by atoms with Gasteiger partial charge in [0.25, 0.3) is 5.91 Å². The summed E-state index contributed by atoms with van der Waals surface area (Å²) >= 11 is 0. The van der Waals surface area contributed by atoms with Crippen molar-refractivity contribution in [3.8, 4) is 0 Å². The fraction of sp³-hybridized carbons (Fsp3) is 0.462. The van der Waals surface area contributed by atoms with Crippen molar-refractivity contribution in [3.63, 3.8) is 0 Å². The Bertz CT molecular complexity index is 470. The molecule has 5 nitrogen and oxygen atoms in total. The maximum absolute atomic E-state index is 12.2. The molecule has 2 N–H and O–H groups in total. The molecule has 2 rings (SSSR count). The van der Waals surface area contributed by atoms with Crippen LogP contribution in [0.5, 0.6) is 0 Å². The monoisotopic (exact) mass is 247 g/mol. The zero-order valence-electron chi connectivity index (χ0n) is 10.6. The molecule has 2 atom stereocenters. The first-order valence-electron chi connectivity index (χ1n) is 6.00. The molecule has 0 radical (unpaired) electrons. The van der Waals surface area contributed by atoms with E-state index in [4.69, 9.17) is 5.73 Å². The molecule has 96 valence electrons. The maximum Gasteiger partial charge on any atom is 0.255 e. The first-order valence-corrected chi connectivity index (χ1v) is 6.00. The van der Waals surface area contributed by atoms with Crippen molar-refractivity contribution in [1.29, 1.82) is 0 Å². The van der Waals surface area contributed by atoms with Gasteiger partial charge in [-0.15, -0.1) is 0 Å². The predicted octanol–water partition coefficient (Wildman–Crippen LogP) is 0.583. The van der Waals surface area contributed by atoms with Crippen molar-refractivity contribution < 1.29 is 9.59 Å². The van der Waals surface area contributed by atoms with E-state index >= 15 is 0 Å². The fourth-order valence-corrected chi connectivity index (χ4v) is 2.28. The number of likely N-dealkylation sites (tertiary alicyclic amines) is 1. The quantitative estimate of drug-likeness (QED) is 0.830. The van der Waals surface area contributed by atoms with Gasteiger partial charge < -0.3 is 10.6 Å². The van der Waals surface area contributed by atoms with Gasteiger partial charge >= 0.3 is 0 Å². The van der Waals surface area contributed by atoms with Gasteiger partial charge in [-0.3, -0.25) is 14.6 Å². The fourth-order valence-electron chi connectivity index (χ4n) is 2.28. The summed E-state index contributed by atoms with van der Waals surface area (Å²) in [5.74, 6) is -0.546. The van der Waals surface area contributed by atoms with Crippen LogP contribution in [0.25, 0.3) is 0 Å². The van der Waals surface area contributed by atoms with Gasteiger partial charge in [0.15, 0.2) is 0 Å². The van der Waals surface area contributed by atoms with Crippen molar-refractivity contribution in [3.05, 3.63) is 29.6 Å². The van der Waals surface area contributed by atoms with Crippen molar-refractivity contribution in [2.75, 3.05) is 13.1 Å².